The van der Waals surface area contributed by atoms with Crippen LogP contribution in [0.2, 0.25) is 0 Å². The number of piperidine rings is 1. The normalized spacial score (nSPS) is 20.5. The third-order valence-electron chi connectivity index (χ3n) is 5.46. The summed E-state index contributed by atoms with van der Waals surface area (Å²) in [6, 6.07) is 4.89. The number of amides is 1. The molecule has 1 N–H and O–H groups in total. The van der Waals surface area contributed by atoms with Crippen LogP contribution in [0.3, 0.4) is 0 Å². The van der Waals surface area contributed by atoms with Gasteiger partial charge in [-0.15, -0.1) is 0 Å². The maximum atomic E-state index is 13.0. The van der Waals surface area contributed by atoms with E-state index in [1.807, 2.05) is 6.92 Å². The number of nitrogens with zero attached hydrogens (tertiary/aromatic N) is 1. The van der Waals surface area contributed by atoms with Crippen LogP contribution in [0.15, 0.2) is 24.3 Å². The number of carbonyl (C=O) groups excluding carboxylic acids is 1. The van der Waals surface area contributed by atoms with Gasteiger partial charge in [0.05, 0.1) is 11.6 Å². The van der Waals surface area contributed by atoms with E-state index in [9.17, 15) is 18.0 Å². The van der Waals surface area contributed by atoms with Gasteiger partial charge >= 0.3 is 6.18 Å². The van der Waals surface area contributed by atoms with Crippen molar-refractivity contribution in [1.29, 1.82) is 0 Å². The Labute approximate surface area is 154 Å². The molecule has 0 aliphatic carbocycles. The van der Waals surface area contributed by atoms with E-state index in [-0.39, 0.29) is 17.9 Å². The summed E-state index contributed by atoms with van der Waals surface area (Å²) in [6.07, 6.45) is -1.69. The fraction of sp³-hybridized carbons (Fsp3) is 0.650. The monoisotopic (exact) mass is 370 g/mol. The number of halogens is 3. The van der Waals surface area contributed by atoms with Crippen molar-refractivity contribution in [3.63, 3.8) is 0 Å². The zero-order valence-corrected chi connectivity index (χ0v) is 15.8. The number of hydrogen-bond acceptors (Lipinski definition) is 2. The lowest BCUT2D eigenvalue weighted by Crippen LogP contribution is -2.38. The molecule has 26 heavy (non-hydrogen) atoms. The molecule has 0 saturated carbocycles. The zero-order chi connectivity index (χ0) is 19.3. The molecule has 0 aromatic heterocycles. The average molecular weight is 370 g/mol. The van der Waals surface area contributed by atoms with Crippen LogP contribution in [0.25, 0.3) is 0 Å². The Morgan fingerprint density at radius 3 is 2.65 bits per heavy atom. The average Bonchev–Trinajstić information content (AvgIpc) is 2.62. The second kappa shape index (κ2) is 8.89. The van der Waals surface area contributed by atoms with Gasteiger partial charge in [-0.25, -0.2) is 0 Å². The summed E-state index contributed by atoms with van der Waals surface area (Å²) >= 11 is 0. The summed E-state index contributed by atoms with van der Waals surface area (Å²) in [5, 5.41) is 3.37. The number of hydrogen-bond donors (Lipinski definition) is 1. The van der Waals surface area contributed by atoms with E-state index in [4.69, 9.17) is 0 Å². The quantitative estimate of drug-likeness (QED) is 0.791. The third kappa shape index (κ3) is 5.22. The van der Waals surface area contributed by atoms with Crippen molar-refractivity contribution in [3.8, 4) is 0 Å². The van der Waals surface area contributed by atoms with Gasteiger partial charge in [-0.1, -0.05) is 19.1 Å². The van der Waals surface area contributed by atoms with Crippen molar-refractivity contribution in [2.75, 3.05) is 19.6 Å². The molecule has 3 atom stereocenters. The molecule has 0 spiro atoms. The highest BCUT2D eigenvalue weighted by Gasteiger charge is 2.32. The van der Waals surface area contributed by atoms with Gasteiger partial charge in [-0.05, 0) is 69.3 Å². The second-order valence-corrected chi connectivity index (χ2v) is 7.27. The summed E-state index contributed by atoms with van der Waals surface area (Å²) in [5.41, 5.74) is -0.158. The first-order valence-electron chi connectivity index (χ1n) is 9.41. The highest BCUT2D eigenvalue weighted by molar-refractivity contribution is 5.77. The summed E-state index contributed by atoms with van der Waals surface area (Å²) in [7, 11) is 0. The van der Waals surface area contributed by atoms with E-state index in [0.717, 1.165) is 38.1 Å². The van der Waals surface area contributed by atoms with Crippen LogP contribution in [0.4, 0.5) is 13.2 Å². The molecule has 1 amide bonds. The Bertz CT molecular complexity index is 597. The van der Waals surface area contributed by atoms with Gasteiger partial charge in [0.1, 0.15) is 0 Å². The number of benzene rings is 1. The fourth-order valence-electron chi connectivity index (χ4n) is 3.74. The molecule has 0 radical (unpaired) electrons. The molecule has 1 aliphatic heterocycles. The highest BCUT2D eigenvalue weighted by atomic mass is 19.4. The molecule has 3 unspecified atom stereocenters. The van der Waals surface area contributed by atoms with E-state index in [1.54, 1.807) is 17.9 Å². The third-order valence-corrected chi connectivity index (χ3v) is 5.46. The molecule has 2 rings (SSSR count). The largest absolute Gasteiger partial charge is 0.416 e. The predicted octanol–water partition coefficient (Wildman–Crippen LogP) is 4.64. The van der Waals surface area contributed by atoms with Crippen LogP contribution in [0.5, 0.6) is 0 Å². The van der Waals surface area contributed by atoms with Gasteiger partial charge in [-0.2, -0.15) is 13.2 Å². The van der Waals surface area contributed by atoms with E-state index >= 15 is 0 Å². The molecular formula is C20H29F3N2O. The van der Waals surface area contributed by atoms with Crippen LogP contribution < -0.4 is 5.32 Å². The van der Waals surface area contributed by atoms with Crippen LogP contribution in [-0.4, -0.2) is 30.4 Å². The Morgan fingerprint density at radius 1 is 1.35 bits per heavy atom. The SMILES string of the molecule is CCN(C(=O)CC(C)C1CCCNC1)C(C)c1cccc(C(F)(F)F)c1. The van der Waals surface area contributed by atoms with E-state index < -0.39 is 11.7 Å². The topological polar surface area (TPSA) is 32.3 Å². The Balaban J connectivity index is 2.07. The van der Waals surface area contributed by atoms with Crippen molar-refractivity contribution in [2.45, 2.75) is 52.3 Å². The lowest BCUT2D eigenvalue weighted by Gasteiger charge is -2.32. The van der Waals surface area contributed by atoms with Crippen LogP contribution in [0.1, 0.15) is 57.2 Å². The minimum absolute atomic E-state index is 0.00971. The number of nitrogens with one attached hydrogen (secondary N) is 1. The lowest BCUT2D eigenvalue weighted by molar-refractivity contribution is -0.137. The van der Waals surface area contributed by atoms with E-state index in [2.05, 4.69) is 12.2 Å². The van der Waals surface area contributed by atoms with Gasteiger partial charge in [0.2, 0.25) is 5.91 Å². The van der Waals surface area contributed by atoms with Crippen molar-refractivity contribution in [1.82, 2.24) is 10.2 Å². The van der Waals surface area contributed by atoms with Crippen LogP contribution >= 0.6 is 0 Å². The van der Waals surface area contributed by atoms with Crippen LogP contribution in [-0.2, 0) is 11.0 Å². The Kier molecular flexibility index (Phi) is 7.09. The molecular weight excluding hydrogens is 341 g/mol. The Morgan fingerprint density at radius 2 is 2.08 bits per heavy atom. The highest BCUT2D eigenvalue weighted by Crippen LogP contribution is 2.32. The van der Waals surface area contributed by atoms with Crippen LogP contribution in [0, 0.1) is 11.8 Å². The first kappa shape index (κ1) is 20.7. The molecule has 1 aliphatic rings. The lowest BCUT2D eigenvalue weighted by atomic mass is 9.85. The van der Waals surface area contributed by atoms with Crippen molar-refractivity contribution in [3.05, 3.63) is 35.4 Å². The molecule has 1 aromatic rings. The molecule has 1 heterocycles. The van der Waals surface area contributed by atoms with Gasteiger partial charge in [-0.3, -0.25) is 4.79 Å². The molecule has 146 valence electrons. The van der Waals surface area contributed by atoms with Gasteiger partial charge in [0, 0.05) is 13.0 Å². The first-order chi connectivity index (χ1) is 12.2. The molecule has 1 fully saturated rings. The second-order valence-electron chi connectivity index (χ2n) is 7.27. The molecule has 1 saturated heterocycles. The van der Waals surface area contributed by atoms with Crippen molar-refractivity contribution < 1.29 is 18.0 Å². The maximum Gasteiger partial charge on any atom is 0.416 e. The summed E-state index contributed by atoms with van der Waals surface area (Å²) in [4.78, 5) is 14.5. The number of carbonyl (C=O) groups is 1. The molecule has 0 bridgehead atoms. The number of alkyl halides is 3. The maximum absolute atomic E-state index is 13.0. The minimum Gasteiger partial charge on any atom is -0.336 e. The molecule has 6 heteroatoms. The van der Waals surface area contributed by atoms with Gasteiger partial charge in [0.15, 0.2) is 0 Å². The first-order valence-corrected chi connectivity index (χ1v) is 9.41. The predicted molar refractivity (Wildman–Crippen MR) is 96.6 cm³/mol. The van der Waals surface area contributed by atoms with Crippen molar-refractivity contribution in [2.24, 2.45) is 11.8 Å². The van der Waals surface area contributed by atoms with E-state index in [1.165, 1.54) is 6.07 Å². The fourth-order valence-corrected chi connectivity index (χ4v) is 3.74. The van der Waals surface area contributed by atoms with Crippen molar-refractivity contribution >= 4 is 5.91 Å². The molecule has 1 aromatic carbocycles. The molecule has 3 nitrogen and oxygen atoms in total. The smallest absolute Gasteiger partial charge is 0.336 e. The van der Waals surface area contributed by atoms with Gasteiger partial charge in [0.25, 0.3) is 0 Å². The van der Waals surface area contributed by atoms with E-state index in [0.29, 0.717) is 24.4 Å². The minimum atomic E-state index is -4.38. The number of rotatable bonds is 6. The summed E-state index contributed by atoms with van der Waals surface area (Å²) in [5.74, 6) is 0.754. The Hall–Kier alpha value is -1.56. The standard InChI is InChI=1S/C20H29F3N2O/c1-4-25(19(26)11-14(2)17-8-6-10-24-13-17)15(3)16-7-5-9-18(12-16)20(21,22)23/h5,7,9,12,14-15,17,24H,4,6,8,10-11,13H2,1-3H3. The summed E-state index contributed by atoms with van der Waals surface area (Å²) < 4.78 is 38.9. The van der Waals surface area contributed by atoms with Gasteiger partial charge < -0.3 is 10.2 Å². The zero-order valence-electron chi connectivity index (χ0n) is 15.8. The summed E-state index contributed by atoms with van der Waals surface area (Å²) in [6.45, 7) is 8.21.